The molecule has 3 nitrogen and oxygen atoms in total. The average Bonchev–Trinajstić information content (AvgIpc) is 3.33. The molecular weight excluding hydrogens is 546 g/mol. The Kier molecular flexibility index (Phi) is 5.72. The Morgan fingerprint density at radius 2 is 1.02 bits per heavy atom. The first-order valence-electron chi connectivity index (χ1n) is 15.3. The Hall–Kier alpha value is -5.93. The second kappa shape index (κ2) is 10.1. The predicted octanol–water partition coefficient (Wildman–Crippen LogP) is 9.72. The van der Waals surface area contributed by atoms with Crippen molar-refractivity contribution in [1.29, 1.82) is 0 Å². The van der Waals surface area contributed by atoms with Crippen LogP contribution in [0, 0.1) is 0 Å². The first-order chi connectivity index (χ1) is 22.3. The molecule has 2 heterocycles. The standard InChI is InChI=1S/C42H27N3/c1-2-12-30(13-3-1)39-26-40(32-14-10-24-43-27-32)45-41(44-39)31-23-22-29-21-20-28-11-4-7-17-35(28)42(38(29)25-31)36-18-8-5-15-33(36)34-16-6-9-19-37(34)42/h1-27H. The first-order valence-corrected chi connectivity index (χ1v) is 15.3. The normalized spacial score (nSPS) is 13.4. The molecule has 1 spiro atoms. The van der Waals surface area contributed by atoms with Crippen LogP contribution in [0.15, 0.2) is 152 Å². The van der Waals surface area contributed by atoms with E-state index in [-0.39, 0.29) is 0 Å². The van der Waals surface area contributed by atoms with Crippen LogP contribution in [0.1, 0.15) is 33.4 Å². The van der Waals surface area contributed by atoms with Gasteiger partial charge in [-0.2, -0.15) is 0 Å². The highest BCUT2D eigenvalue weighted by atomic mass is 14.9. The number of rotatable bonds is 3. The fraction of sp³-hybridized carbons (Fsp3) is 0.0238. The minimum absolute atomic E-state index is 0.498. The minimum atomic E-state index is -0.498. The minimum Gasteiger partial charge on any atom is -0.264 e. The van der Waals surface area contributed by atoms with Gasteiger partial charge in [-0.3, -0.25) is 4.98 Å². The van der Waals surface area contributed by atoms with Crippen LogP contribution in [0.3, 0.4) is 0 Å². The lowest BCUT2D eigenvalue weighted by Gasteiger charge is -2.35. The van der Waals surface area contributed by atoms with Crippen molar-refractivity contribution >= 4 is 12.2 Å². The molecule has 2 aromatic heterocycles. The third-order valence-electron chi connectivity index (χ3n) is 9.23. The Labute approximate surface area is 262 Å². The number of aromatic nitrogens is 3. The lowest BCUT2D eigenvalue weighted by Crippen LogP contribution is -2.30. The van der Waals surface area contributed by atoms with Crippen LogP contribution < -0.4 is 0 Å². The molecule has 7 aromatic rings. The summed E-state index contributed by atoms with van der Waals surface area (Å²) in [5, 5.41) is 0. The number of hydrogen-bond donors (Lipinski definition) is 0. The van der Waals surface area contributed by atoms with E-state index in [1.54, 1.807) is 6.20 Å². The lowest BCUT2D eigenvalue weighted by molar-refractivity contribution is 0.766. The lowest BCUT2D eigenvalue weighted by atomic mass is 9.66. The second-order valence-electron chi connectivity index (χ2n) is 11.6. The van der Waals surface area contributed by atoms with Crippen LogP contribution in [0.5, 0.6) is 0 Å². The summed E-state index contributed by atoms with van der Waals surface area (Å²) in [5.74, 6) is 0.689. The molecule has 9 rings (SSSR count). The number of hydrogen-bond acceptors (Lipinski definition) is 3. The van der Waals surface area contributed by atoms with E-state index in [9.17, 15) is 0 Å². The molecular formula is C42H27N3. The highest BCUT2D eigenvalue weighted by molar-refractivity contribution is 5.92. The van der Waals surface area contributed by atoms with Gasteiger partial charge in [-0.25, -0.2) is 9.97 Å². The molecule has 5 aromatic carbocycles. The highest BCUT2D eigenvalue weighted by Crippen LogP contribution is 2.58. The fourth-order valence-electron chi connectivity index (χ4n) is 7.28. The molecule has 0 atom stereocenters. The van der Waals surface area contributed by atoms with Crippen LogP contribution in [-0.4, -0.2) is 15.0 Å². The van der Waals surface area contributed by atoms with Gasteiger partial charge in [0.2, 0.25) is 0 Å². The highest BCUT2D eigenvalue weighted by Gasteiger charge is 2.48. The van der Waals surface area contributed by atoms with E-state index in [4.69, 9.17) is 9.97 Å². The zero-order valence-electron chi connectivity index (χ0n) is 24.4. The zero-order valence-corrected chi connectivity index (χ0v) is 24.4. The number of benzene rings is 5. The summed E-state index contributed by atoms with van der Waals surface area (Å²) in [6.45, 7) is 0. The van der Waals surface area contributed by atoms with E-state index in [0.717, 1.165) is 28.1 Å². The van der Waals surface area contributed by atoms with Gasteiger partial charge in [0, 0.05) is 29.1 Å². The smallest absolute Gasteiger partial charge is 0.160 e. The Morgan fingerprint density at radius 1 is 0.422 bits per heavy atom. The van der Waals surface area contributed by atoms with E-state index < -0.39 is 5.41 Å². The molecule has 0 N–H and O–H groups in total. The summed E-state index contributed by atoms with van der Waals surface area (Å²) in [4.78, 5) is 14.7. The Morgan fingerprint density at radius 3 is 1.73 bits per heavy atom. The molecule has 0 unspecified atom stereocenters. The third-order valence-corrected chi connectivity index (χ3v) is 9.23. The summed E-state index contributed by atoms with van der Waals surface area (Å²) >= 11 is 0. The van der Waals surface area contributed by atoms with Crippen molar-refractivity contribution in [3.05, 3.63) is 185 Å². The predicted molar refractivity (Wildman–Crippen MR) is 182 cm³/mol. The molecule has 0 radical (unpaired) electrons. The summed E-state index contributed by atoms with van der Waals surface area (Å²) in [6, 6.07) is 49.7. The molecule has 45 heavy (non-hydrogen) atoms. The topological polar surface area (TPSA) is 38.7 Å². The van der Waals surface area contributed by atoms with E-state index in [1.165, 1.54) is 44.5 Å². The van der Waals surface area contributed by atoms with Crippen molar-refractivity contribution < 1.29 is 0 Å². The van der Waals surface area contributed by atoms with Crippen molar-refractivity contribution in [3.8, 4) is 45.0 Å². The van der Waals surface area contributed by atoms with Gasteiger partial charge in [0.15, 0.2) is 5.82 Å². The van der Waals surface area contributed by atoms with Crippen molar-refractivity contribution in [2.24, 2.45) is 0 Å². The maximum absolute atomic E-state index is 5.17. The Bertz CT molecular complexity index is 2170. The van der Waals surface area contributed by atoms with Crippen molar-refractivity contribution in [3.63, 3.8) is 0 Å². The zero-order chi connectivity index (χ0) is 29.8. The number of pyridine rings is 1. The monoisotopic (exact) mass is 573 g/mol. The van der Waals surface area contributed by atoms with Crippen LogP contribution in [0.2, 0.25) is 0 Å². The maximum Gasteiger partial charge on any atom is 0.160 e. The summed E-state index contributed by atoms with van der Waals surface area (Å²) < 4.78 is 0. The maximum atomic E-state index is 5.17. The molecule has 0 bridgehead atoms. The van der Waals surface area contributed by atoms with Crippen LogP contribution in [-0.2, 0) is 5.41 Å². The second-order valence-corrected chi connectivity index (χ2v) is 11.6. The van der Waals surface area contributed by atoms with Gasteiger partial charge in [0.1, 0.15) is 0 Å². The van der Waals surface area contributed by atoms with Gasteiger partial charge < -0.3 is 0 Å². The molecule has 0 aliphatic heterocycles. The molecule has 0 fully saturated rings. The van der Waals surface area contributed by atoms with Crippen molar-refractivity contribution in [2.45, 2.75) is 5.41 Å². The van der Waals surface area contributed by atoms with E-state index in [2.05, 4.69) is 126 Å². The molecule has 2 aliphatic rings. The van der Waals surface area contributed by atoms with Gasteiger partial charge in [0.25, 0.3) is 0 Å². The van der Waals surface area contributed by atoms with E-state index >= 15 is 0 Å². The summed E-state index contributed by atoms with van der Waals surface area (Å²) in [5.41, 5.74) is 14.3. The van der Waals surface area contributed by atoms with E-state index in [0.29, 0.717) is 5.82 Å². The molecule has 210 valence electrons. The summed E-state index contributed by atoms with van der Waals surface area (Å²) in [7, 11) is 0. The van der Waals surface area contributed by atoms with Crippen LogP contribution in [0.25, 0.3) is 57.2 Å². The van der Waals surface area contributed by atoms with Crippen molar-refractivity contribution in [2.75, 3.05) is 0 Å². The van der Waals surface area contributed by atoms with Gasteiger partial charge in [-0.05, 0) is 68.8 Å². The SMILES string of the molecule is C1=Cc2ccc(-c3nc(-c4ccccc4)cc(-c4cccnc4)n3)cc2C2(c3ccccc31)c1ccccc1-c1ccccc12. The van der Waals surface area contributed by atoms with Crippen LogP contribution in [0.4, 0.5) is 0 Å². The largest absolute Gasteiger partial charge is 0.264 e. The quantitative estimate of drug-likeness (QED) is 0.211. The molecule has 3 heteroatoms. The molecule has 0 amide bonds. The third kappa shape index (κ3) is 3.87. The van der Waals surface area contributed by atoms with Crippen LogP contribution >= 0.6 is 0 Å². The first kappa shape index (κ1) is 25.6. The van der Waals surface area contributed by atoms with Gasteiger partial charge in [-0.15, -0.1) is 0 Å². The average molecular weight is 574 g/mol. The van der Waals surface area contributed by atoms with Gasteiger partial charge in [0.05, 0.1) is 16.8 Å². The number of fused-ring (bicyclic) bond motifs is 9. The fourth-order valence-corrected chi connectivity index (χ4v) is 7.28. The Balaban J connectivity index is 1.34. The summed E-state index contributed by atoms with van der Waals surface area (Å²) in [6.07, 6.45) is 8.18. The van der Waals surface area contributed by atoms with Gasteiger partial charge >= 0.3 is 0 Å². The number of nitrogens with zero attached hydrogens (tertiary/aromatic N) is 3. The van der Waals surface area contributed by atoms with E-state index in [1.807, 2.05) is 36.5 Å². The van der Waals surface area contributed by atoms with Crippen molar-refractivity contribution in [1.82, 2.24) is 15.0 Å². The molecule has 0 saturated carbocycles. The molecule has 2 aliphatic carbocycles. The van der Waals surface area contributed by atoms with Gasteiger partial charge in [-0.1, -0.05) is 127 Å². The molecule has 0 saturated heterocycles.